The lowest BCUT2D eigenvalue weighted by molar-refractivity contribution is -0.162. The van der Waals surface area contributed by atoms with Gasteiger partial charge < -0.3 is 29.3 Å². The molecule has 1 N–H and O–H groups in total. The minimum absolute atomic E-state index is 0.0841. The second-order valence-electron chi connectivity index (χ2n) is 10.2. The topological polar surface area (TPSA) is 83.6 Å². The molecule has 5 rings (SSSR count). The van der Waals surface area contributed by atoms with Gasteiger partial charge in [0, 0.05) is 45.7 Å². The number of methoxy groups -OCH3 is 1. The Kier molecular flexibility index (Phi) is 8.68. The molecular formula is C30H38N4O5. The van der Waals surface area contributed by atoms with Gasteiger partial charge >= 0.3 is 0 Å². The number of nitrogens with one attached hydrogen (secondary N) is 1. The van der Waals surface area contributed by atoms with Crippen molar-refractivity contribution in [2.24, 2.45) is 0 Å². The van der Waals surface area contributed by atoms with Crippen LogP contribution in [0, 0.1) is 0 Å². The number of hydrogen-bond donors (Lipinski definition) is 1. The number of ether oxygens (including phenoxy) is 3. The SMILES string of the molecule is COc1ccccc1N1CCN(C(=O)CN2CCOC3(C/C=C/Cc4ccccc4OCCNC3=O)C2)CC1. The van der Waals surface area contributed by atoms with Gasteiger partial charge in [-0.3, -0.25) is 14.5 Å². The number of piperazine rings is 1. The molecule has 0 aromatic heterocycles. The predicted octanol–water partition coefficient (Wildman–Crippen LogP) is 2.11. The zero-order chi connectivity index (χ0) is 27.1. The molecule has 0 radical (unpaired) electrons. The molecule has 0 saturated carbocycles. The predicted molar refractivity (Wildman–Crippen MR) is 149 cm³/mol. The number of amides is 2. The minimum Gasteiger partial charge on any atom is -0.495 e. The number of fused-ring (bicyclic) bond motifs is 1. The van der Waals surface area contributed by atoms with Crippen LogP contribution in [0.3, 0.4) is 0 Å². The molecule has 1 atom stereocenters. The number of allylic oxidation sites excluding steroid dienone is 1. The van der Waals surface area contributed by atoms with Crippen molar-refractivity contribution in [2.75, 3.05) is 77.6 Å². The molecule has 2 amide bonds. The molecule has 2 aromatic carbocycles. The Morgan fingerprint density at radius 1 is 1.00 bits per heavy atom. The van der Waals surface area contributed by atoms with Gasteiger partial charge in [-0.15, -0.1) is 0 Å². The third-order valence-electron chi connectivity index (χ3n) is 7.67. The van der Waals surface area contributed by atoms with Crippen molar-refractivity contribution in [3.63, 3.8) is 0 Å². The number of hydrogen-bond acceptors (Lipinski definition) is 7. The van der Waals surface area contributed by atoms with Crippen LogP contribution in [0.25, 0.3) is 0 Å². The van der Waals surface area contributed by atoms with Crippen molar-refractivity contribution in [3.05, 3.63) is 66.2 Å². The van der Waals surface area contributed by atoms with E-state index in [1.54, 1.807) is 7.11 Å². The van der Waals surface area contributed by atoms with Gasteiger partial charge in [0.25, 0.3) is 5.91 Å². The molecule has 3 aliphatic heterocycles. The van der Waals surface area contributed by atoms with Crippen LogP contribution < -0.4 is 19.7 Å². The highest BCUT2D eigenvalue weighted by Crippen LogP contribution is 2.29. The van der Waals surface area contributed by atoms with Crippen LogP contribution in [0.4, 0.5) is 5.69 Å². The van der Waals surface area contributed by atoms with E-state index in [1.165, 1.54) is 0 Å². The molecule has 2 aromatic rings. The Hall–Kier alpha value is -3.56. The molecule has 1 unspecified atom stereocenters. The van der Waals surface area contributed by atoms with Gasteiger partial charge in [0.05, 0.1) is 32.5 Å². The lowest BCUT2D eigenvalue weighted by atomic mass is 9.94. The second kappa shape index (κ2) is 12.5. The van der Waals surface area contributed by atoms with Gasteiger partial charge in [-0.05, 0) is 30.2 Å². The lowest BCUT2D eigenvalue weighted by Gasteiger charge is -2.42. The van der Waals surface area contributed by atoms with Crippen molar-refractivity contribution in [2.45, 2.75) is 18.4 Å². The quantitative estimate of drug-likeness (QED) is 0.602. The van der Waals surface area contributed by atoms with Gasteiger partial charge in [0.1, 0.15) is 18.1 Å². The summed E-state index contributed by atoms with van der Waals surface area (Å²) in [6.07, 6.45) is 5.24. The molecule has 0 aliphatic carbocycles. The largest absolute Gasteiger partial charge is 0.495 e. The first-order chi connectivity index (χ1) is 19.1. The number of rotatable bonds is 4. The molecular weight excluding hydrogens is 496 g/mol. The van der Waals surface area contributed by atoms with Crippen molar-refractivity contribution < 1.29 is 23.8 Å². The van der Waals surface area contributed by atoms with Crippen LogP contribution in [0.5, 0.6) is 11.5 Å². The van der Waals surface area contributed by atoms with E-state index in [1.807, 2.05) is 47.4 Å². The first kappa shape index (κ1) is 27.0. The Morgan fingerprint density at radius 2 is 1.79 bits per heavy atom. The second-order valence-corrected chi connectivity index (χ2v) is 10.2. The summed E-state index contributed by atoms with van der Waals surface area (Å²) in [5.74, 6) is 1.61. The fourth-order valence-corrected chi connectivity index (χ4v) is 5.51. The zero-order valence-electron chi connectivity index (χ0n) is 22.6. The molecule has 9 nitrogen and oxygen atoms in total. The van der Waals surface area contributed by atoms with E-state index in [-0.39, 0.29) is 18.4 Å². The van der Waals surface area contributed by atoms with Crippen molar-refractivity contribution >= 4 is 17.5 Å². The summed E-state index contributed by atoms with van der Waals surface area (Å²) in [5, 5.41) is 3.00. The normalized spacial score (nSPS) is 23.6. The molecule has 3 heterocycles. The van der Waals surface area contributed by atoms with E-state index in [2.05, 4.69) is 33.3 Å². The van der Waals surface area contributed by atoms with Crippen LogP contribution in [0.1, 0.15) is 12.0 Å². The van der Waals surface area contributed by atoms with E-state index in [0.717, 1.165) is 42.3 Å². The zero-order valence-corrected chi connectivity index (χ0v) is 22.6. The number of anilines is 1. The monoisotopic (exact) mass is 534 g/mol. The van der Waals surface area contributed by atoms with E-state index >= 15 is 0 Å². The van der Waals surface area contributed by atoms with Crippen LogP contribution in [-0.2, 0) is 20.7 Å². The average Bonchev–Trinajstić information content (AvgIpc) is 2.97. The molecule has 2 fully saturated rings. The van der Waals surface area contributed by atoms with E-state index in [9.17, 15) is 9.59 Å². The molecule has 39 heavy (non-hydrogen) atoms. The highest BCUT2D eigenvalue weighted by Gasteiger charge is 2.43. The van der Waals surface area contributed by atoms with Gasteiger partial charge in [-0.1, -0.05) is 42.5 Å². The van der Waals surface area contributed by atoms with E-state index in [0.29, 0.717) is 52.4 Å². The minimum atomic E-state index is -1.03. The first-order valence-corrected chi connectivity index (χ1v) is 13.7. The number of carbonyl (C=O) groups is 2. The first-order valence-electron chi connectivity index (χ1n) is 13.7. The van der Waals surface area contributed by atoms with Gasteiger partial charge in [-0.25, -0.2) is 0 Å². The molecule has 208 valence electrons. The Bertz CT molecular complexity index is 1180. The van der Waals surface area contributed by atoms with Crippen molar-refractivity contribution in [3.8, 4) is 11.5 Å². The maximum atomic E-state index is 13.3. The summed E-state index contributed by atoms with van der Waals surface area (Å²) in [6.45, 7) is 5.21. The van der Waals surface area contributed by atoms with Gasteiger partial charge in [-0.2, -0.15) is 0 Å². The van der Waals surface area contributed by atoms with Crippen LogP contribution in [0.15, 0.2) is 60.7 Å². The summed E-state index contributed by atoms with van der Waals surface area (Å²) in [5.41, 5.74) is 1.13. The van der Waals surface area contributed by atoms with Crippen LogP contribution in [-0.4, -0.2) is 99.9 Å². The molecule has 3 aliphatic rings. The fraction of sp³-hybridized carbons (Fsp3) is 0.467. The van der Waals surface area contributed by atoms with E-state index < -0.39 is 5.60 Å². The fourth-order valence-electron chi connectivity index (χ4n) is 5.51. The third kappa shape index (κ3) is 6.37. The molecule has 1 spiro atoms. The summed E-state index contributed by atoms with van der Waals surface area (Å²) < 4.78 is 17.6. The lowest BCUT2D eigenvalue weighted by Crippen LogP contribution is -2.61. The Balaban J connectivity index is 1.20. The number of benzene rings is 2. The number of morpholine rings is 1. The van der Waals surface area contributed by atoms with Crippen LogP contribution in [0.2, 0.25) is 0 Å². The average molecular weight is 535 g/mol. The maximum absolute atomic E-state index is 13.3. The number of para-hydroxylation sites is 3. The number of nitrogens with zero attached hydrogens (tertiary/aromatic N) is 3. The maximum Gasteiger partial charge on any atom is 0.254 e. The van der Waals surface area contributed by atoms with Crippen molar-refractivity contribution in [1.82, 2.24) is 15.1 Å². The molecule has 9 heteroatoms. The van der Waals surface area contributed by atoms with Crippen molar-refractivity contribution in [1.29, 1.82) is 0 Å². The summed E-state index contributed by atoms with van der Waals surface area (Å²) in [7, 11) is 1.68. The Labute approximate surface area is 230 Å². The Morgan fingerprint density at radius 3 is 2.64 bits per heavy atom. The summed E-state index contributed by atoms with van der Waals surface area (Å²) in [4.78, 5) is 32.9. The smallest absolute Gasteiger partial charge is 0.254 e. The molecule has 2 saturated heterocycles. The molecule has 0 bridgehead atoms. The number of carbonyl (C=O) groups excluding carboxylic acids is 2. The summed E-state index contributed by atoms with van der Waals surface area (Å²) >= 11 is 0. The van der Waals surface area contributed by atoms with Crippen LogP contribution >= 0.6 is 0 Å². The summed E-state index contributed by atoms with van der Waals surface area (Å²) in [6, 6.07) is 15.9. The van der Waals surface area contributed by atoms with Gasteiger partial charge in [0.2, 0.25) is 5.91 Å². The highest BCUT2D eigenvalue weighted by molar-refractivity contribution is 5.86. The van der Waals surface area contributed by atoms with Gasteiger partial charge in [0.15, 0.2) is 5.60 Å². The third-order valence-corrected chi connectivity index (χ3v) is 7.67. The highest BCUT2D eigenvalue weighted by atomic mass is 16.5. The van der Waals surface area contributed by atoms with E-state index in [4.69, 9.17) is 14.2 Å². The standard InChI is InChI=1S/C30H38N4O5/c1-37-27-12-5-3-10-25(27)33-15-17-34(18-16-33)28(35)22-32-19-21-39-30(23-32)13-7-6-9-24-8-2-4-11-26(24)38-20-14-31-29(30)36/h2-8,10-12H,9,13-23H2,1H3,(H,31,36)/b7-6+.